The lowest BCUT2D eigenvalue weighted by molar-refractivity contribution is -0.123. The molecule has 3 rings (SSSR count). The van der Waals surface area contributed by atoms with E-state index in [4.69, 9.17) is 16.3 Å². The third kappa shape index (κ3) is 4.62. The molecule has 134 valence electrons. The minimum absolute atomic E-state index is 0.160. The molecule has 1 amide bonds. The lowest BCUT2D eigenvalue weighted by Crippen LogP contribution is -2.33. The molecule has 0 aliphatic heterocycles. The van der Waals surface area contributed by atoms with Crippen molar-refractivity contribution >= 4 is 28.8 Å². The van der Waals surface area contributed by atoms with Gasteiger partial charge < -0.3 is 10.1 Å². The highest BCUT2D eigenvalue weighted by atomic mass is 35.5. The van der Waals surface area contributed by atoms with Gasteiger partial charge in [0.1, 0.15) is 11.6 Å². The summed E-state index contributed by atoms with van der Waals surface area (Å²) in [5.74, 6) is -0.135. The second-order valence-corrected chi connectivity index (χ2v) is 7.18. The quantitative estimate of drug-likeness (QED) is 0.634. The zero-order valence-electron chi connectivity index (χ0n) is 14.0. The summed E-state index contributed by atoms with van der Waals surface area (Å²) in [6.45, 7) is 1.76. The number of ether oxygens (including phenoxy) is 1. The number of nitrogens with one attached hydrogen (secondary N) is 1. The van der Waals surface area contributed by atoms with E-state index < -0.39 is 0 Å². The molecule has 1 unspecified atom stereocenters. The van der Waals surface area contributed by atoms with Gasteiger partial charge in [-0.1, -0.05) is 35.9 Å². The Bertz CT molecular complexity index is 881. The Labute approximate surface area is 160 Å². The first-order valence-corrected chi connectivity index (χ1v) is 9.26. The van der Waals surface area contributed by atoms with E-state index in [0.29, 0.717) is 10.8 Å². The summed E-state index contributed by atoms with van der Waals surface area (Å²) in [6, 6.07) is 15.0. The fraction of sp³-hybridized carbons (Fsp3) is 0.150. The third-order valence-corrected chi connectivity index (χ3v) is 5.03. The summed E-state index contributed by atoms with van der Waals surface area (Å²) in [4.78, 5) is 13.4. The van der Waals surface area contributed by atoms with Gasteiger partial charge in [0.25, 0.3) is 5.91 Å². The van der Waals surface area contributed by atoms with Gasteiger partial charge >= 0.3 is 0 Å². The molecule has 1 N–H and O–H groups in total. The van der Waals surface area contributed by atoms with Gasteiger partial charge in [-0.05, 0) is 53.8 Å². The number of hydrogen-bond donors (Lipinski definition) is 1. The molecule has 0 radical (unpaired) electrons. The van der Waals surface area contributed by atoms with E-state index in [-0.39, 0.29) is 24.4 Å². The van der Waals surface area contributed by atoms with Crippen LogP contribution in [0, 0.1) is 12.7 Å². The van der Waals surface area contributed by atoms with Crippen LogP contribution in [-0.4, -0.2) is 12.5 Å². The molecule has 0 aliphatic rings. The van der Waals surface area contributed by atoms with E-state index >= 15 is 0 Å². The molecule has 0 saturated carbocycles. The second-order valence-electron chi connectivity index (χ2n) is 5.79. The Morgan fingerprint density at radius 2 is 2.00 bits per heavy atom. The molecule has 3 nitrogen and oxygen atoms in total. The van der Waals surface area contributed by atoms with Crippen LogP contribution in [0.3, 0.4) is 0 Å². The summed E-state index contributed by atoms with van der Waals surface area (Å²) in [5.41, 5.74) is 1.79. The van der Waals surface area contributed by atoms with Crippen molar-refractivity contribution in [2.24, 2.45) is 0 Å². The second kappa shape index (κ2) is 8.34. The molecule has 1 heterocycles. The topological polar surface area (TPSA) is 38.3 Å². The average Bonchev–Trinajstić information content (AvgIpc) is 3.16. The Morgan fingerprint density at radius 1 is 1.23 bits per heavy atom. The smallest absolute Gasteiger partial charge is 0.258 e. The molecule has 2 aromatic carbocycles. The number of carbonyl (C=O) groups is 1. The Balaban J connectivity index is 1.71. The van der Waals surface area contributed by atoms with Gasteiger partial charge in [-0.15, -0.1) is 11.3 Å². The average molecular weight is 390 g/mol. The van der Waals surface area contributed by atoms with Crippen molar-refractivity contribution in [1.29, 1.82) is 0 Å². The van der Waals surface area contributed by atoms with Gasteiger partial charge in [-0.3, -0.25) is 4.79 Å². The van der Waals surface area contributed by atoms with Crippen LogP contribution in [0.1, 0.15) is 22.0 Å². The SMILES string of the molecule is Cc1ccc(Cl)c(OCC(=O)NC(c2ccc(F)cc2)c2cccs2)c1. The maximum atomic E-state index is 13.2. The molecule has 0 saturated heterocycles. The van der Waals surface area contributed by atoms with E-state index in [9.17, 15) is 9.18 Å². The van der Waals surface area contributed by atoms with Crippen molar-refractivity contribution in [3.05, 3.63) is 86.8 Å². The van der Waals surface area contributed by atoms with Crippen LogP contribution in [0.25, 0.3) is 0 Å². The van der Waals surface area contributed by atoms with Gasteiger partial charge in [0.15, 0.2) is 6.61 Å². The van der Waals surface area contributed by atoms with Crippen molar-refractivity contribution in [3.8, 4) is 5.75 Å². The maximum Gasteiger partial charge on any atom is 0.258 e. The number of halogens is 2. The summed E-state index contributed by atoms with van der Waals surface area (Å²) in [6.07, 6.45) is 0. The number of carbonyl (C=O) groups excluding carboxylic acids is 1. The zero-order valence-corrected chi connectivity index (χ0v) is 15.6. The number of amides is 1. The zero-order chi connectivity index (χ0) is 18.5. The Morgan fingerprint density at radius 3 is 2.69 bits per heavy atom. The van der Waals surface area contributed by atoms with Gasteiger partial charge in [0.05, 0.1) is 11.1 Å². The number of aryl methyl sites for hydroxylation is 1. The van der Waals surface area contributed by atoms with E-state index in [1.807, 2.05) is 30.5 Å². The van der Waals surface area contributed by atoms with Crippen molar-refractivity contribution in [2.45, 2.75) is 13.0 Å². The highest BCUT2D eigenvalue weighted by Gasteiger charge is 2.18. The predicted octanol–water partition coefficient (Wildman–Crippen LogP) is 5.13. The molecular weight excluding hydrogens is 373 g/mol. The molecule has 0 spiro atoms. The molecule has 3 aromatic rings. The Hall–Kier alpha value is -2.37. The summed E-state index contributed by atoms with van der Waals surface area (Å²) < 4.78 is 18.8. The van der Waals surface area contributed by atoms with Crippen LogP contribution in [0.2, 0.25) is 5.02 Å². The van der Waals surface area contributed by atoms with Crippen molar-refractivity contribution < 1.29 is 13.9 Å². The number of thiophene rings is 1. The lowest BCUT2D eigenvalue weighted by atomic mass is 10.1. The van der Waals surface area contributed by atoms with Crippen LogP contribution in [0.4, 0.5) is 4.39 Å². The first-order valence-electron chi connectivity index (χ1n) is 8.00. The summed E-state index contributed by atoms with van der Waals surface area (Å²) in [7, 11) is 0. The molecule has 1 atom stereocenters. The minimum atomic E-state index is -0.361. The van der Waals surface area contributed by atoms with E-state index in [2.05, 4.69) is 5.32 Å². The van der Waals surface area contributed by atoms with Crippen LogP contribution < -0.4 is 10.1 Å². The van der Waals surface area contributed by atoms with E-state index in [1.54, 1.807) is 24.3 Å². The first-order chi connectivity index (χ1) is 12.5. The van der Waals surface area contributed by atoms with Crippen LogP contribution in [-0.2, 0) is 4.79 Å². The molecular formula is C20H17ClFNO2S. The maximum absolute atomic E-state index is 13.2. The monoisotopic (exact) mass is 389 g/mol. The summed E-state index contributed by atoms with van der Waals surface area (Å²) >= 11 is 7.61. The van der Waals surface area contributed by atoms with Gasteiger partial charge in [-0.2, -0.15) is 0 Å². The summed E-state index contributed by atoms with van der Waals surface area (Å²) in [5, 5.41) is 5.33. The highest BCUT2D eigenvalue weighted by molar-refractivity contribution is 7.10. The van der Waals surface area contributed by atoms with Crippen molar-refractivity contribution in [3.63, 3.8) is 0 Å². The van der Waals surface area contributed by atoms with Gasteiger partial charge in [-0.25, -0.2) is 4.39 Å². The standard InChI is InChI=1S/C20H17ClFNO2S/c1-13-4-9-16(21)17(11-13)25-12-19(24)23-20(18-3-2-10-26-18)14-5-7-15(22)8-6-14/h2-11,20H,12H2,1H3,(H,23,24). The van der Waals surface area contributed by atoms with E-state index in [1.165, 1.54) is 23.5 Å². The van der Waals surface area contributed by atoms with Crippen LogP contribution >= 0.6 is 22.9 Å². The van der Waals surface area contributed by atoms with Crippen LogP contribution in [0.15, 0.2) is 60.0 Å². The highest BCUT2D eigenvalue weighted by Crippen LogP contribution is 2.27. The van der Waals surface area contributed by atoms with Crippen molar-refractivity contribution in [1.82, 2.24) is 5.32 Å². The number of hydrogen-bond acceptors (Lipinski definition) is 3. The molecule has 6 heteroatoms. The van der Waals surface area contributed by atoms with Crippen molar-refractivity contribution in [2.75, 3.05) is 6.61 Å². The third-order valence-electron chi connectivity index (χ3n) is 3.78. The molecule has 0 fully saturated rings. The normalized spacial score (nSPS) is 11.8. The van der Waals surface area contributed by atoms with Gasteiger partial charge in [0, 0.05) is 4.88 Å². The molecule has 0 bridgehead atoms. The van der Waals surface area contributed by atoms with Gasteiger partial charge in [0.2, 0.25) is 0 Å². The molecule has 1 aromatic heterocycles. The number of rotatable bonds is 6. The van der Waals surface area contributed by atoms with E-state index in [0.717, 1.165) is 16.0 Å². The first kappa shape index (κ1) is 18.4. The predicted molar refractivity (Wildman–Crippen MR) is 102 cm³/mol. The molecule has 0 aliphatic carbocycles. The lowest BCUT2D eigenvalue weighted by Gasteiger charge is -2.18. The minimum Gasteiger partial charge on any atom is -0.482 e. The number of benzene rings is 2. The fourth-order valence-electron chi connectivity index (χ4n) is 2.50. The fourth-order valence-corrected chi connectivity index (χ4v) is 3.47. The largest absolute Gasteiger partial charge is 0.482 e. The Kier molecular flexibility index (Phi) is 5.91. The van der Waals surface area contributed by atoms with Crippen LogP contribution in [0.5, 0.6) is 5.75 Å². The molecule has 26 heavy (non-hydrogen) atoms.